The Bertz CT molecular complexity index is 686. The predicted octanol–water partition coefficient (Wildman–Crippen LogP) is 2.57. The molecule has 10 heteroatoms. The number of amides is 1. The molecule has 0 bridgehead atoms. The van der Waals surface area contributed by atoms with Crippen molar-refractivity contribution in [2.24, 2.45) is 7.05 Å². The second kappa shape index (κ2) is 6.90. The van der Waals surface area contributed by atoms with Crippen molar-refractivity contribution >= 4 is 23.4 Å². The van der Waals surface area contributed by atoms with Crippen molar-refractivity contribution in [2.45, 2.75) is 11.3 Å². The summed E-state index contributed by atoms with van der Waals surface area (Å²) in [6.45, 7) is 0. The van der Waals surface area contributed by atoms with Gasteiger partial charge >= 0.3 is 6.18 Å². The summed E-state index contributed by atoms with van der Waals surface area (Å²) in [7, 11) is 2.73. The van der Waals surface area contributed by atoms with Crippen LogP contribution >= 0.6 is 11.8 Å². The molecule has 0 aliphatic rings. The number of ether oxygens (including phenoxy) is 1. The number of nitrogens with zero attached hydrogens (tertiary/aromatic N) is 3. The van der Waals surface area contributed by atoms with Gasteiger partial charge in [0, 0.05) is 12.7 Å². The number of nitrogens with one attached hydrogen (secondary N) is 1. The minimum Gasteiger partial charge on any atom is -0.497 e. The van der Waals surface area contributed by atoms with E-state index in [1.165, 1.54) is 14.2 Å². The van der Waals surface area contributed by atoms with Crippen molar-refractivity contribution < 1.29 is 22.7 Å². The first-order valence-electron chi connectivity index (χ1n) is 6.34. The lowest BCUT2D eigenvalue weighted by molar-refractivity contribution is -0.147. The van der Waals surface area contributed by atoms with Gasteiger partial charge in [0.15, 0.2) is 5.16 Å². The number of rotatable bonds is 5. The Morgan fingerprint density at radius 3 is 2.48 bits per heavy atom. The van der Waals surface area contributed by atoms with Gasteiger partial charge in [0.05, 0.1) is 12.9 Å². The quantitative estimate of drug-likeness (QED) is 0.843. The molecule has 1 aromatic heterocycles. The number of carbonyl (C=O) groups is 1. The molecule has 2 rings (SSSR count). The largest absolute Gasteiger partial charge is 0.497 e. The first-order valence-corrected chi connectivity index (χ1v) is 7.33. The lowest BCUT2D eigenvalue weighted by Gasteiger charge is -2.07. The van der Waals surface area contributed by atoms with Gasteiger partial charge in [0.25, 0.3) is 0 Å². The van der Waals surface area contributed by atoms with E-state index >= 15 is 0 Å². The van der Waals surface area contributed by atoms with Crippen LogP contribution in [-0.2, 0) is 18.0 Å². The van der Waals surface area contributed by atoms with Crippen LogP contribution in [0.25, 0.3) is 0 Å². The molecule has 0 spiro atoms. The molecule has 1 aromatic carbocycles. The van der Waals surface area contributed by atoms with Gasteiger partial charge in [-0.2, -0.15) is 13.2 Å². The highest BCUT2D eigenvalue weighted by atomic mass is 32.2. The summed E-state index contributed by atoms with van der Waals surface area (Å²) in [5.74, 6) is -0.904. The molecule has 0 saturated carbocycles. The number of hydrogen-bond donors (Lipinski definition) is 1. The average Bonchev–Trinajstić information content (AvgIpc) is 2.87. The molecule has 0 saturated heterocycles. The fourth-order valence-electron chi connectivity index (χ4n) is 1.69. The van der Waals surface area contributed by atoms with Crippen LogP contribution in [0.3, 0.4) is 0 Å². The highest BCUT2D eigenvalue weighted by Gasteiger charge is 2.37. The van der Waals surface area contributed by atoms with Crippen LogP contribution in [0, 0.1) is 0 Å². The molecule has 2 aromatic rings. The SMILES string of the molecule is COc1ccc(NC(=O)CSc2nnc(C(F)(F)F)n2C)cc1. The Hall–Kier alpha value is -2.23. The van der Waals surface area contributed by atoms with Crippen LogP contribution in [0.1, 0.15) is 5.82 Å². The third kappa shape index (κ3) is 4.38. The first kappa shape index (κ1) is 17.1. The van der Waals surface area contributed by atoms with Crippen molar-refractivity contribution in [1.29, 1.82) is 0 Å². The van der Waals surface area contributed by atoms with Gasteiger partial charge in [0.1, 0.15) is 5.75 Å². The van der Waals surface area contributed by atoms with Crippen LogP contribution in [0.4, 0.5) is 18.9 Å². The zero-order valence-electron chi connectivity index (χ0n) is 12.2. The van der Waals surface area contributed by atoms with E-state index < -0.39 is 12.0 Å². The molecule has 0 aliphatic carbocycles. The summed E-state index contributed by atoms with van der Waals surface area (Å²) >= 11 is 0.872. The number of thioether (sulfide) groups is 1. The van der Waals surface area contributed by atoms with Crippen LogP contribution in [0.5, 0.6) is 5.75 Å². The van der Waals surface area contributed by atoms with E-state index in [9.17, 15) is 18.0 Å². The summed E-state index contributed by atoms with van der Waals surface area (Å²) in [5, 5.41) is 9.17. The fraction of sp³-hybridized carbons (Fsp3) is 0.308. The molecule has 1 amide bonds. The highest BCUT2D eigenvalue weighted by molar-refractivity contribution is 7.99. The standard InChI is InChI=1S/C13H13F3N4O2S/c1-20-11(13(14,15)16)18-19-12(20)23-7-10(21)17-8-3-5-9(22-2)6-4-8/h3-6H,7H2,1-2H3,(H,17,21). The number of aromatic nitrogens is 3. The predicted molar refractivity (Wildman–Crippen MR) is 78.4 cm³/mol. The van der Waals surface area contributed by atoms with E-state index in [-0.39, 0.29) is 16.8 Å². The van der Waals surface area contributed by atoms with E-state index in [1.807, 2.05) is 0 Å². The Balaban J connectivity index is 1.93. The molecule has 0 atom stereocenters. The second-order valence-electron chi connectivity index (χ2n) is 4.43. The minimum atomic E-state index is -4.58. The highest BCUT2D eigenvalue weighted by Crippen LogP contribution is 2.29. The number of carbonyl (C=O) groups excluding carboxylic acids is 1. The molecule has 1 heterocycles. The van der Waals surface area contributed by atoms with Gasteiger partial charge in [-0.3, -0.25) is 4.79 Å². The summed E-state index contributed by atoms with van der Waals surface area (Å²) in [6.07, 6.45) is -4.58. The molecule has 0 unspecified atom stereocenters. The molecule has 23 heavy (non-hydrogen) atoms. The van der Waals surface area contributed by atoms with Gasteiger partial charge in [-0.25, -0.2) is 0 Å². The summed E-state index contributed by atoms with van der Waals surface area (Å²) in [6, 6.07) is 6.68. The lowest BCUT2D eigenvalue weighted by atomic mass is 10.3. The Morgan fingerprint density at radius 1 is 1.30 bits per heavy atom. The topological polar surface area (TPSA) is 69.0 Å². The number of benzene rings is 1. The Labute approximate surface area is 134 Å². The van der Waals surface area contributed by atoms with Crippen molar-refractivity contribution in [1.82, 2.24) is 14.8 Å². The fourth-order valence-corrected chi connectivity index (χ4v) is 2.40. The van der Waals surface area contributed by atoms with E-state index in [1.54, 1.807) is 24.3 Å². The monoisotopic (exact) mass is 346 g/mol. The van der Waals surface area contributed by atoms with Crippen molar-refractivity contribution in [3.05, 3.63) is 30.1 Å². The first-order chi connectivity index (χ1) is 10.8. The molecule has 0 radical (unpaired) electrons. The number of methoxy groups -OCH3 is 1. The van der Waals surface area contributed by atoms with Crippen LogP contribution in [0.2, 0.25) is 0 Å². The summed E-state index contributed by atoms with van der Waals surface area (Å²) in [4.78, 5) is 11.8. The molecule has 0 aliphatic heterocycles. The maximum Gasteiger partial charge on any atom is 0.451 e. The number of halogens is 3. The third-order valence-corrected chi connectivity index (χ3v) is 3.81. The Kier molecular flexibility index (Phi) is 5.14. The maximum atomic E-state index is 12.6. The van der Waals surface area contributed by atoms with Gasteiger partial charge in [-0.15, -0.1) is 10.2 Å². The number of hydrogen-bond acceptors (Lipinski definition) is 5. The Morgan fingerprint density at radius 2 is 1.96 bits per heavy atom. The third-order valence-electron chi connectivity index (χ3n) is 2.79. The van der Waals surface area contributed by atoms with Gasteiger partial charge in [0.2, 0.25) is 11.7 Å². The van der Waals surface area contributed by atoms with E-state index in [2.05, 4.69) is 15.5 Å². The molecule has 6 nitrogen and oxygen atoms in total. The van der Waals surface area contributed by atoms with Crippen molar-refractivity contribution in [2.75, 3.05) is 18.2 Å². The van der Waals surface area contributed by atoms with Gasteiger partial charge in [-0.05, 0) is 24.3 Å². The second-order valence-corrected chi connectivity index (χ2v) is 5.37. The van der Waals surface area contributed by atoms with Crippen LogP contribution in [-0.4, -0.2) is 33.5 Å². The maximum absolute atomic E-state index is 12.6. The molecule has 0 fully saturated rings. The normalized spacial score (nSPS) is 11.3. The smallest absolute Gasteiger partial charge is 0.451 e. The van der Waals surface area contributed by atoms with E-state index in [0.717, 1.165) is 16.3 Å². The van der Waals surface area contributed by atoms with Gasteiger partial charge in [-0.1, -0.05) is 11.8 Å². The van der Waals surface area contributed by atoms with E-state index in [0.29, 0.717) is 11.4 Å². The van der Waals surface area contributed by atoms with Crippen molar-refractivity contribution in [3.63, 3.8) is 0 Å². The zero-order chi connectivity index (χ0) is 17.0. The molecule has 124 valence electrons. The minimum absolute atomic E-state index is 0.0159. The average molecular weight is 346 g/mol. The van der Waals surface area contributed by atoms with E-state index in [4.69, 9.17) is 4.74 Å². The molecular formula is C13H13F3N4O2S. The zero-order valence-corrected chi connectivity index (χ0v) is 13.0. The van der Waals surface area contributed by atoms with Crippen LogP contribution in [0.15, 0.2) is 29.4 Å². The number of anilines is 1. The number of alkyl halides is 3. The lowest BCUT2D eigenvalue weighted by Crippen LogP contribution is -2.15. The van der Waals surface area contributed by atoms with Gasteiger partial charge < -0.3 is 14.6 Å². The van der Waals surface area contributed by atoms with Crippen molar-refractivity contribution in [3.8, 4) is 5.75 Å². The molecule has 1 N–H and O–H groups in total. The molecular weight excluding hydrogens is 333 g/mol. The summed E-state index contributed by atoms with van der Waals surface area (Å²) < 4.78 is 43.6. The van der Waals surface area contributed by atoms with Crippen LogP contribution < -0.4 is 10.1 Å². The summed E-state index contributed by atoms with van der Waals surface area (Å²) in [5.41, 5.74) is 0.561.